The number of hydrogen-bond donors (Lipinski definition) is 3. The number of anilines is 1. The second kappa shape index (κ2) is 7.44. The van der Waals surface area contributed by atoms with Gasteiger partial charge in [-0.1, -0.05) is 0 Å². The zero-order valence-corrected chi connectivity index (χ0v) is 14.9. The molecule has 1 heterocycles. The van der Waals surface area contributed by atoms with Crippen molar-refractivity contribution in [3.05, 3.63) is 78.1 Å². The Morgan fingerprint density at radius 3 is 2.33 bits per heavy atom. The minimum absolute atomic E-state index is 0.0318. The zero-order valence-electron chi connectivity index (χ0n) is 14.1. The summed E-state index contributed by atoms with van der Waals surface area (Å²) in [5, 5.41) is 9.07. The average molecular weight is 383 g/mol. The summed E-state index contributed by atoms with van der Waals surface area (Å²) in [6, 6.07) is 16.2. The third kappa shape index (κ3) is 4.40. The van der Waals surface area contributed by atoms with Crippen molar-refractivity contribution in [1.82, 2.24) is 9.99 Å². The van der Waals surface area contributed by atoms with Crippen molar-refractivity contribution < 1.29 is 13.2 Å². The first-order chi connectivity index (χ1) is 12.8. The van der Waals surface area contributed by atoms with Gasteiger partial charge in [0.1, 0.15) is 0 Å². The third-order valence-corrected chi connectivity index (χ3v) is 4.69. The lowest BCUT2D eigenvalue weighted by molar-refractivity contribution is 0.0955. The molecule has 2 aromatic carbocycles. The zero-order chi connectivity index (χ0) is 19.4. The first-order valence-corrected chi connectivity index (χ1v) is 9.39. The van der Waals surface area contributed by atoms with Crippen molar-refractivity contribution in [2.75, 3.05) is 5.73 Å². The van der Waals surface area contributed by atoms with Crippen LogP contribution in [0.15, 0.2) is 76.9 Å². The Morgan fingerprint density at radius 2 is 1.70 bits per heavy atom. The van der Waals surface area contributed by atoms with Crippen LogP contribution in [-0.4, -0.2) is 25.1 Å². The van der Waals surface area contributed by atoms with Gasteiger partial charge in [-0.15, -0.1) is 0 Å². The summed E-state index contributed by atoms with van der Waals surface area (Å²) in [6.45, 7) is 0. The molecule has 9 heteroatoms. The van der Waals surface area contributed by atoms with Crippen LogP contribution < -0.4 is 16.3 Å². The molecule has 0 aliphatic rings. The van der Waals surface area contributed by atoms with Gasteiger partial charge in [0.15, 0.2) is 0 Å². The Kier molecular flexibility index (Phi) is 5.06. The molecule has 1 aromatic heterocycles. The number of nitrogens with zero attached hydrogens (tertiary/aromatic N) is 2. The Morgan fingerprint density at radius 1 is 1.04 bits per heavy atom. The summed E-state index contributed by atoms with van der Waals surface area (Å²) in [4.78, 5) is 12.1. The molecule has 0 aliphatic carbocycles. The highest BCUT2D eigenvalue weighted by Gasteiger charge is 2.08. The Hall–Kier alpha value is -3.43. The number of nitrogens with one attached hydrogen (secondary N) is 1. The number of hydrogen-bond acceptors (Lipinski definition) is 5. The van der Waals surface area contributed by atoms with Crippen molar-refractivity contribution >= 4 is 27.8 Å². The second-order valence-corrected chi connectivity index (χ2v) is 7.22. The minimum Gasteiger partial charge on any atom is -0.399 e. The number of hydrazone groups is 1. The quantitative estimate of drug-likeness (QED) is 0.349. The number of benzene rings is 2. The molecule has 3 rings (SSSR count). The molecule has 0 saturated heterocycles. The SMILES string of the molecule is Nc1ccc(C(=O)N/N=C\c2cccn2-c2ccc(S(N)(=O)=O)cc2)cc1. The van der Waals surface area contributed by atoms with E-state index >= 15 is 0 Å². The predicted octanol–water partition coefficient (Wildman–Crippen LogP) is 1.47. The summed E-state index contributed by atoms with van der Waals surface area (Å²) in [5.74, 6) is -0.359. The fraction of sp³-hybridized carbons (Fsp3) is 0. The van der Waals surface area contributed by atoms with E-state index in [-0.39, 0.29) is 10.8 Å². The number of sulfonamides is 1. The normalized spacial score (nSPS) is 11.6. The molecule has 8 nitrogen and oxygen atoms in total. The lowest BCUT2D eigenvalue weighted by Gasteiger charge is -2.07. The van der Waals surface area contributed by atoms with Crippen molar-refractivity contribution in [2.24, 2.45) is 10.2 Å². The molecule has 27 heavy (non-hydrogen) atoms. The van der Waals surface area contributed by atoms with Crippen LogP contribution in [0.2, 0.25) is 0 Å². The van der Waals surface area contributed by atoms with Crippen LogP contribution in [0.1, 0.15) is 16.1 Å². The van der Waals surface area contributed by atoms with Gasteiger partial charge in [0, 0.05) is 23.1 Å². The Labute approximate surface area is 156 Å². The lowest BCUT2D eigenvalue weighted by atomic mass is 10.2. The molecule has 0 saturated carbocycles. The summed E-state index contributed by atoms with van der Waals surface area (Å²) < 4.78 is 24.5. The van der Waals surface area contributed by atoms with Crippen LogP contribution in [0.25, 0.3) is 5.69 Å². The number of aromatic nitrogens is 1. The van der Waals surface area contributed by atoms with E-state index in [2.05, 4.69) is 10.5 Å². The van der Waals surface area contributed by atoms with E-state index in [1.165, 1.54) is 18.3 Å². The molecule has 0 aliphatic heterocycles. The monoisotopic (exact) mass is 383 g/mol. The van der Waals surface area contributed by atoms with Crippen LogP contribution in [0.3, 0.4) is 0 Å². The fourth-order valence-electron chi connectivity index (χ4n) is 2.39. The Bertz CT molecular complexity index is 1080. The highest BCUT2D eigenvalue weighted by atomic mass is 32.2. The van der Waals surface area contributed by atoms with Crippen LogP contribution in [-0.2, 0) is 10.0 Å². The predicted molar refractivity (Wildman–Crippen MR) is 103 cm³/mol. The maximum absolute atomic E-state index is 12.0. The van der Waals surface area contributed by atoms with E-state index in [0.717, 1.165) is 5.69 Å². The van der Waals surface area contributed by atoms with Gasteiger partial charge in [-0.25, -0.2) is 19.0 Å². The van der Waals surface area contributed by atoms with Crippen LogP contribution in [0.4, 0.5) is 5.69 Å². The fourth-order valence-corrected chi connectivity index (χ4v) is 2.90. The van der Waals surface area contributed by atoms with E-state index in [0.29, 0.717) is 16.9 Å². The average Bonchev–Trinajstić information content (AvgIpc) is 3.10. The molecule has 0 unspecified atom stereocenters. The van der Waals surface area contributed by atoms with Crippen molar-refractivity contribution in [1.29, 1.82) is 0 Å². The number of nitrogen functional groups attached to an aromatic ring is 1. The molecule has 3 aromatic rings. The first-order valence-electron chi connectivity index (χ1n) is 7.84. The maximum Gasteiger partial charge on any atom is 0.271 e. The van der Waals surface area contributed by atoms with Gasteiger partial charge >= 0.3 is 0 Å². The molecular formula is C18H17N5O3S. The smallest absolute Gasteiger partial charge is 0.271 e. The van der Waals surface area contributed by atoms with E-state index < -0.39 is 10.0 Å². The number of rotatable bonds is 5. The topological polar surface area (TPSA) is 133 Å². The van der Waals surface area contributed by atoms with E-state index in [4.69, 9.17) is 10.9 Å². The minimum atomic E-state index is -3.74. The molecule has 138 valence electrons. The molecule has 0 radical (unpaired) electrons. The van der Waals surface area contributed by atoms with Crippen LogP contribution >= 0.6 is 0 Å². The van der Waals surface area contributed by atoms with E-state index in [1.54, 1.807) is 59.3 Å². The highest BCUT2D eigenvalue weighted by molar-refractivity contribution is 7.89. The molecule has 5 N–H and O–H groups in total. The number of nitrogens with two attached hydrogens (primary N) is 2. The van der Waals surface area contributed by atoms with E-state index in [9.17, 15) is 13.2 Å². The standard InChI is InChI=1S/C18H17N5O3S/c19-14-5-3-13(4-6-14)18(24)22-21-12-16-2-1-11-23(16)15-7-9-17(10-8-15)27(20,25)26/h1-12H,19H2,(H,22,24)(H2,20,25,26)/b21-12-. The summed E-state index contributed by atoms with van der Waals surface area (Å²) in [5.41, 5.74) is 10.5. The molecule has 0 spiro atoms. The molecule has 1 amide bonds. The molecule has 0 atom stereocenters. The first kappa shape index (κ1) is 18.4. The maximum atomic E-state index is 12.0. The lowest BCUT2D eigenvalue weighted by Crippen LogP contribution is -2.17. The number of amides is 1. The van der Waals surface area contributed by atoms with Gasteiger partial charge < -0.3 is 10.3 Å². The van der Waals surface area contributed by atoms with Crippen molar-refractivity contribution in [3.63, 3.8) is 0 Å². The highest BCUT2D eigenvalue weighted by Crippen LogP contribution is 2.15. The van der Waals surface area contributed by atoms with Gasteiger partial charge in [0.05, 0.1) is 16.8 Å². The van der Waals surface area contributed by atoms with Gasteiger partial charge in [0.25, 0.3) is 5.91 Å². The van der Waals surface area contributed by atoms with Crippen molar-refractivity contribution in [3.8, 4) is 5.69 Å². The van der Waals surface area contributed by atoms with Crippen molar-refractivity contribution in [2.45, 2.75) is 4.90 Å². The summed E-state index contributed by atoms with van der Waals surface area (Å²) >= 11 is 0. The molecular weight excluding hydrogens is 366 g/mol. The number of carbonyl (C=O) groups is 1. The summed E-state index contributed by atoms with van der Waals surface area (Å²) in [7, 11) is -3.74. The largest absolute Gasteiger partial charge is 0.399 e. The molecule has 0 bridgehead atoms. The molecule has 0 fully saturated rings. The second-order valence-electron chi connectivity index (χ2n) is 5.66. The van der Waals surface area contributed by atoms with Gasteiger partial charge in [-0.3, -0.25) is 4.79 Å². The van der Waals surface area contributed by atoms with Gasteiger partial charge in [-0.05, 0) is 60.7 Å². The number of primary sulfonamides is 1. The van der Waals surface area contributed by atoms with E-state index in [1.807, 2.05) is 0 Å². The van der Waals surface area contributed by atoms with Crippen LogP contribution in [0, 0.1) is 0 Å². The Balaban J connectivity index is 1.74. The van der Waals surface area contributed by atoms with Gasteiger partial charge in [-0.2, -0.15) is 5.10 Å². The third-order valence-electron chi connectivity index (χ3n) is 3.76. The van der Waals surface area contributed by atoms with Crippen LogP contribution in [0.5, 0.6) is 0 Å². The van der Waals surface area contributed by atoms with Gasteiger partial charge in [0.2, 0.25) is 10.0 Å². The number of carbonyl (C=O) groups excluding carboxylic acids is 1. The summed E-state index contributed by atoms with van der Waals surface area (Å²) in [6.07, 6.45) is 3.28.